The average molecular weight is 284 g/mol. The monoisotopic (exact) mass is 284 g/mol. The predicted molar refractivity (Wildman–Crippen MR) is 66.7 cm³/mol. The lowest BCUT2D eigenvalue weighted by molar-refractivity contribution is -0.163. The van der Waals surface area contributed by atoms with Crippen molar-refractivity contribution >= 4 is 11.9 Å². The number of aliphatic carboxylic acids is 1. The van der Waals surface area contributed by atoms with Crippen LogP contribution in [0.25, 0.3) is 0 Å². The Morgan fingerprint density at radius 3 is 2.25 bits per heavy atom. The van der Waals surface area contributed by atoms with E-state index in [9.17, 15) is 14.7 Å². The second-order valence-electron chi connectivity index (χ2n) is 6.27. The van der Waals surface area contributed by atoms with E-state index >= 15 is 0 Å². The van der Waals surface area contributed by atoms with Gasteiger partial charge >= 0.3 is 11.9 Å². The van der Waals surface area contributed by atoms with Gasteiger partial charge in [0.15, 0.2) is 5.79 Å². The molecule has 0 aromatic rings. The van der Waals surface area contributed by atoms with E-state index < -0.39 is 29.6 Å². The lowest BCUT2D eigenvalue weighted by Gasteiger charge is -2.32. The number of esters is 1. The van der Waals surface area contributed by atoms with Crippen LogP contribution in [-0.4, -0.2) is 41.6 Å². The number of carbonyl (C=O) groups excluding carboxylic acids is 1. The van der Waals surface area contributed by atoms with Gasteiger partial charge in [-0.3, -0.25) is 9.59 Å². The highest BCUT2D eigenvalue weighted by Crippen LogP contribution is 2.58. The minimum atomic E-state index is -0.942. The van der Waals surface area contributed by atoms with E-state index in [0.717, 1.165) is 0 Å². The molecule has 20 heavy (non-hydrogen) atoms. The summed E-state index contributed by atoms with van der Waals surface area (Å²) in [6.07, 6.45) is 0.244. The number of rotatable bonds is 3. The number of ether oxygens (including phenoxy) is 3. The maximum atomic E-state index is 12.1. The molecular formula is C14H20O6. The molecule has 2 saturated carbocycles. The summed E-state index contributed by atoms with van der Waals surface area (Å²) in [6, 6.07) is 0. The van der Waals surface area contributed by atoms with E-state index in [1.807, 2.05) is 13.8 Å². The van der Waals surface area contributed by atoms with Crippen LogP contribution in [0.5, 0.6) is 0 Å². The van der Waals surface area contributed by atoms with Crippen molar-refractivity contribution < 1.29 is 28.9 Å². The van der Waals surface area contributed by atoms with Crippen molar-refractivity contribution in [2.45, 2.75) is 45.2 Å². The quantitative estimate of drug-likeness (QED) is 0.780. The van der Waals surface area contributed by atoms with Gasteiger partial charge in [0, 0.05) is 11.8 Å². The number of carbonyl (C=O) groups is 2. The molecule has 0 spiro atoms. The maximum Gasteiger partial charge on any atom is 0.310 e. The number of hydrogen-bond donors (Lipinski definition) is 1. The van der Waals surface area contributed by atoms with Crippen LogP contribution in [0.4, 0.5) is 0 Å². The van der Waals surface area contributed by atoms with Crippen LogP contribution in [-0.2, 0) is 23.8 Å². The van der Waals surface area contributed by atoms with E-state index in [-0.39, 0.29) is 30.7 Å². The standard InChI is InChI=1S/C14H20O6/c1-4-18-13(17)9-7-5-6(8(9)12(15)16)10-11(7)20-14(2,3)19-10/h6-11H,4-5H2,1-3H3,(H,15,16)/t6-,7+,8+,9+,10-,11+/m0/s1. The highest BCUT2D eigenvalue weighted by atomic mass is 16.8. The van der Waals surface area contributed by atoms with Crippen molar-refractivity contribution in [3.8, 4) is 0 Å². The Morgan fingerprint density at radius 1 is 1.20 bits per heavy atom. The lowest BCUT2D eigenvalue weighted by Crippen LogP contribution is -2.46. The summed E-state index contributed by atoms with van der Waals surface area (Å²) < 4.78 is 16.8. The van der Waals surface area contributed by atoms with Gasteiger partial charge in [0.05, 0.1) is 30.7 Å². The van der Waals surface area contributed by atoms with Gasteiger partial charge in [-0.15, -0.1) is 0 Å². The third-order valence-corrected chi connectivity index (χ3v) is 4.71. The van der Waals surface area contributed by atoms with Gasteiger partial charge in [0.25, 0.3) is 0 Å². The summed E-state index contributed by atoms with van der Waals surface area (Å²) in [5.74, 6) is -3.69. The molecule has 1 N–H and O–H groups in total. The van der Waals surface area contributed by atoms with Gasteiger partial charge in [0.1, 0.15) is 0 Å². The Labute approximate surface area is 117 Å². The molecule has 0 radical (unpaired) electrons. The first kappa shape index (κ1) is 13.8. The SMILES string of the molecule is CCOC(=O)[C@@H]1[C@H]2C[C@H]([C@@H]3OC(C)(C)O[C@H]23)[C@H]1C(=O)O. The normalized spacial score (nSPS) is 44.4. The van der Waals surface area contributed by atoms with Crippen LogP contribution in [0.1, 0.15) is 27.2 Å². The van der Waals surface area contributed by atoms with Crippen LogP contribution < -0.4 is 0 Å². The number of hydrogen-bond acceptors (Lipinski definition) is 5. The first-order chi connectivity index (χ1) is 9.35. The van der Waals surface area contributed by atoms with E-state index in [1.165, 1.54) is 0 Å². The number of fused-ring (bicyclic) bond motifs is 5. The second kappa shape index (κ2) is 4.43. The molecule has 0 amide bonds. The summed E-state index contributed by atoms with van der Waals surface area (Å²) in [4.78, 5) is 23.7. The van der Waals surface area contributed by atoms with Crippen molar-refractivity contribution in [1.82, 2.24) is 0 Å². The molecule has 1 saturated heterocycles. The van der Waals surface area contributed by atoms with Crippen molar-refractivity contribution in [1.29, 1.82) is 0 Å². The molecule has 2 bridgehead atoms. The molecule has 1 aliphatic heterocycles. The van der Waals surface area contributed by atoms with Gasteiger partial charge < -0.3 is 19.3 Å². The Kier molecular flexibility index (Phi) is 3.06. The molecule has 3 aliphatic rings. The zero-order valence-corrected chi connectivity index (χ0v) is 11.9. The zero-order valence-electron chi connectivity index (χ0n) is 11.9. The van der Waals surface area contributed by atoms with E-state index in [1.54, 1.807) is 6.92 Å². The van der Waals surface area contributed by atoms with E-state index in [4.69, 9.17) is 14.2 Å². The molecular weight excluding hydrogens is 264 g/mol. The molecule has 6 atom stereocenters. The summed E-state index contributed by atoms with van der Waals surface area (Å²) in [5.41, 5.74) is 0. The molecule has 0 aromatic heterocycles. The largest absolute Gasteiger partial charge is 0.481 e. The van der Waals surface area contributed by atoms with Crippen molar-refractivity contribution in [2.24, 2.45) is 23.7 Å². The summed E-state index contributed by atoms with van der Waals surface area (Å²) in [6.45, 7) is 5.62. The predicted octanol–water partition coefficient (Wildman–Crippen LogP) is 1.04. The molecule has 6 nitrogen and oxygen atoms in total. The molecule has 1 heterocycles. The maximum absolute atomic E-state index is 12.1. The Hall–Kier alpha value is -1.14. The first-order valence-electron chi connectivity index (χ1n) is 7.11. The molecule has 0 aromatic carbocycles. The Morgan fingerprint density at radius 2 is 1.75 bits per heavy atom. The lowest BCUT2D eigenvalue weighted by atomic mass is 9.76. The molecule has 2 aliphatic carbocycles. The topological polar surface area (TPSA) is 82.1 Å². The van der Waals surface area contributed by atoms with Crippen molar-refractivity contribution in [3.63, 3.8) is 0 Å². The van der Waals surface area contributed by atoms with Gasteiger partial charge in [-0.1, -0.05) is 0 Å². The van der Waals surface area contributed by atoms with Gasteiger partial charge in [-0.05, 0) is 27.2 Å². The van der Waals surface area contributed by atoms with Gasteiger partial charge in [0.2, 0.25) is 0 Å². The summed E-state index contributed by atoms with van der Waals surface area (Å²) >= 11 is 0. The third-order valence-electron chi connectivity index (χ3n) is 4.71. The third kappa shape index (κ3) is 1.85. The zero-order chi connectivity index (χ0) is 14.7. The van der Waals surface area contributed by atoms with Crippen molar-refractivity contribution in [2.75, 3.05) is 6.61 Å². The first-order valence-corrected chi connectivity index (χ1v) is 7.11. The van der Waals surface area contributed by atoms with Crippen LogP contribution in [0, 0.1) is 23.7 Å². The smallest absolute Gasteiger partial charge is 0.310 e. The average Bonchev–Trinajstić information content (AvgIpc) is 2.94. The highest BCUT2D eigenvalue weighted by molar-refractivity contribution is 5.83. The molecule has 6 heteroatoms. The molecule has 112 valence electrons. The van der Waals surface area contributed by atoms with Crippen LogP contribution in [0.2, 0.25) is 0 Å². The fourth-order valence-electron chi connectivity index (χ4n) is 4.19. The molecule has 3 rings (SSSR count). The van der Waals surface area contributed by atoms with E-state index in [0.29, 0.717) is 6.42 Å². The Bertz CT molecular complexity index is 445. The molecule has 0 unspecified atom stereocenters. The van der Waals surface area contributed by atoms with Gasteiger partial charge in [-0.25, -0.2) is 0 Å². The summed E-state index contributed by atoms with van der Waals surface area (Å²) in [5, 5.41) is 9.47. The summed E-state index contributed by atoms with van der Waals surface area (Å²) in [7, 11) is 0. The minimum Gasteiger partial charge on any atom is -0.481 e. The Balaban J connectivity index is 1.89. The minimum absolute atomic E-state index is 0.119. The number of carboxylic acids is 1. The van der Waals surface area contributed by atoms with Crippen molar-refractivity contribution in [3.05, 3.63) is 0 Å². The molecule has 3 fully saturated rings. The van der Waals surface area contributed by atoms with Crippen LogP contribution in [0.15, 0.2) is 0 Å². The fraction of sp³-hybridized carbons (Fsp3) is 0.857. The fourth-order valence-corrected chi connectivity index (χ4v) is 4.19. The van der Waals surface area contributed by atoms with Gasteiger partial charge in [-0.2, -0.15) is 0 Å². The van der Waals surface area contributed by atoms with E-state index in [2.05, 4.69) is 0 Å². The number of carboxylic acid groups (broad SMARTS) is 1. The van der Waals surface area contributed by atoms with Crippen LogP contribution in [0.3, 0.4) is 0 Å². The second-order valence-corrected chi connectivity index (χ2v) is 6.27. The highest BCUT2D eigenvalue weighted by Gasteiger charge is 2.67. The van der Waals surface area contributed by atoms with Crippen LogP contribution >= 0.6 is 0 Å².